The first-order valence-corrected chi connectivity index (χ1v) is 5.32. The zero-order valence-corrected chi connectivity index (χ0v) is 8.30. The number of ether oxygens (including phenoxy) is 1. The Bertz CT molecular complexity index is 58.2. The Morgan fingerprint density at radius 1 is 0.462 bits per heavy atom. The first kappa shape index (κ1) is 11.0. The zero-order valence-electron chi connectivity index (χ0n) is 8.30. The molecule has 0 aromatic heterocycles. The molecule has 0 aliphatic carbocycles. The molecular weight excluding hydrogens is 168 g/mol. The third kappa shape index (κ3) is 6.99. The van der Waals surface area contributed by atoms with Crippen molar-refractivity contribution in [2.45, 2.75) is 38.5 Å². The Morgan fingerprint density at radius 2 is 0.923 bits per heavy atom. The minimum absolute atomic E-state index is 0.722. The van der Waals surface area contributed by atoms with Gasteiger partial charge in [0.25, 0.3) is 0 Å². The summed E-state index contributed by atoms with van der Waals surface area (Å²) in [6.07, 6.45) is 6.77. The van der Waals surface area contributed by atoms with Crippen molar-refractivity contribution >= 4 is 0 Å². The van der Waals surface area contributed by atoms with E-state index >= 15 is 0 Å². The van der Waals surface area contributed by atoms with Gasteiger partial charge in [0, 0.05) is 13.2 Å². The lowest BCUT2D eigenvalue weighted by molar-refractivity contribution is -0.295. The van der Waals surface area contributed by atoms with Gasteiger partial charge >= 0.3 is 0 Å². The van der Waals surface area contributed by atoms with Crippen LogP contribution in [0.1, 0.15) is 38.5 Å². The molecule has 0 aromatic rings. The standard InChI is InChI=1S/C10H20O3/c1-3-7-11-8-4-2-6-10-13-12-9-5-1/h1-10H2. The summed E-state index contributed by atoms with van der Waals surface area (Å²) in [5.74, 6) is 0. The van der Waals surface area contributed by atoms with Crippen molar-refractivity contribution < 1.29 is 14.5 Å². The van der Waals surface area contributed by atoms with Gasteiger partial charge in [-0.1, -0.05) is 0 Å². The van der Waals surface area contributed by atoms with E-state index in [0.717, 1.165) is 52.1 Å². The predicted molar refractivity (Wildman–Crippen MR) is 50.4 cm³/mol. The molecule has 0 radical (unpaired) electrons. The van der Waals surface area contributed by atoms with Gasteiger partial charge in [-0.25, -0.2) is 9.78 Å². The van der Waals surface area contributed by atoms with Crippen LogP contribution in [0.15, 0.2) is 0 Å². The third-order valence-electron chi connectivity index (χ3n) is 2.12. The smallest absolute Gasteiger partial charge is 0.0822 e. The van der Waals surface area contributed by atoms with Crippen LogP contribution in [-0.4, -0.2) is 26.4 Å². The fraction of sp³-hybridized carbons (Fsp3) is 1.00. The molecule has 0 spiro atoms. The van der Waals surface area contributed by atoms with Gasteiger partial charge in [0.1, 0.15) is 0 Å². The van der Waals surface area contributed by atoms with Crippen LogP contribution in [0.2, 0.25) is 0 Å². The highest BCUT2D eigenvalue weighted by Crippen LogP contribution is 2.02. The molecule has 3 heteroatoms. The molecule has 78 valence electrons. The molecule has 1 aliphatic heterocycles. The summed E-state index contributed by atoms with van der Waals surface area (Å²) in [7, 11) is 0. The average Bonchev–Trinajstić information content (AvgIpc) is 2.18. The van der Waals surface area contributed by atoms with Crippen molar-refractivity contribution in [1.29, 1.82) is 0 Å². The summed E-state index contributed by atoms with van der Waals surface area (Å²) in [6.45, 7) is 3.25. The van der Waals surface area contributed by atoms with Crippen LogP contribution in [-0.2, 0) is 14.5 Å². The molecule has 0 bridgehead atoms. The molecule has 0 saturated carbocycles. The van der Waals surface area contributed by atoms with Crippen molar-refractivity contribution in [3.8, 4) is 0 Å². The molecule has 1 aliphatic rings. The third-order valence-corrected chi connectivity index (χ3v) is 2.12. The van der Waals surface area contributed by atoms with E-state index in [2.05, 4.69) is 0 Å². The van der Waals surface area contributed by atoms with Crippen LogP contribution in [0.5, 0.6) is 0 Å². The van der Waals surface area contributed by atoms with E-state index in [1.165, 1.54) is 12.8 Å². The first-order valence-electron chi connectivity index (χ1n) is 5.32. The summed E-state index contributed by atoms with van der Waals surface area (Å²) in [5, 5.41) is 0. The Hall–Kier alpha value is -0.120. The molecular formula is C10H20O3. The van der Waals surface area contributed by atoms with Gasteiger partial charge < -0.3 is 4.74 Å². The van der Waals surface area contributed by atoms with Crippen LogP contribution < -0.4 is 0 Å². The average molecular weight is 188 g/mol. The Morgan fingerprint density at radius 3 is 1.46 bits per heavy atom. The molecule has 0 atom stereocenters. The SMILES string of the molecule is C1CCOCCCCCOOCC1. The highest BCUT2D eigenvalue weighted by molar-refractivity contribution is 4.43. The fourth-order valence-corrected chi connectivity index (χ4v) is 1.30. The van der Waals surface area contributed by atoms with Gasteiger partial charge in [0.2, 0.25) is 0 Å². The second-order valence-corrected chi connectivity index (χ2v) is 3.38. The maximum atomic E-state index is 5.47. The highest BCUT2D eigenvalue weighted by Gasteiger charge is 1.96. The van der Waals surface area contributed by atoms with E-state index in [0.29, 0.717) is 0 Å². The Labute approximate surface area is 80.3 Å². The van der Waals surface area contributed by atoms with E-state index in [1.807, 2.05) is 0 Å². The van der Waals surface area contributed by atoms with E-state index < -0.39 is 0 Å². The second-order valence-electron chi connectivity index (χ2n) is 3.38. The summed E-state index contributed by atoms with van der Waals surface area (Å²) >= 11 is 0. The van der Waals surface area contributed by atoms with E-state index in [-0.39, 0.29) is 0 Å². The van der Waals surface area contributed by atoms with E-state index in [9.17, 15) is 0 Å². The number of hydrogen-bond donors (Lipinski definition) is 0. The number of rotatable bonds is 0. The van der Waals surface area contributed by atoms with Gasteiger partial charge in [0.15, 0.2) is 0 Å². The minimum atomic E-state index is 0.722. The topological polar surface area (TPSA) is 27.7 Å². The van der Waals surface area contributed by atoms with Crippen LogP contribution in [0.25, 0.3) is 0 Å². The lowest BCUT2D eigenvalue weighted by Gasteiger charge is -2.02. The van der Waals surface area contributed by atoms with Gasteiger partial charge in [0.05, 0.1) is 13.2 Å². The number of hydrogen-bond acceptors (Lipinski definition) is 3. The molecule has 0 N–H and O–H groups in total. The maximum Gasteiger partial charge on any atom is 0.0822 e. The minimum Gasteiger partial charge on any atom is -0.381 e. The molecule has 3 nitrogen and oxygen atoms in total. The maximum absolute atomic E-state index is 5.47. The molecule has 0 unspecified atom stereocenters. The first-order chi connectivity index (χ1) is 6.50. The van der Waals surface area contributed by atoms with Gasteiger partial charge in [-0.2, -0.15) is 0 Å². The highest BCUT2D eigenvalue weighted by atomic mass is 17.2. The van der Waals surface area contributed by atoms with E-state index in [4.69, 9.17) is 14.5 Å². The quantitative estimate of drug-likeness (QED) is 0.546. The van der Waals surface area contributed by atoms with Crippen molar-refractivity contribution in [3.63, 3.8) is 0 Å². The summed E-state index contributed by atoms with van der Waals surface area (Å²) < 4.78 is 5.47. The van der Waals surface area contributed by atoms with Gasteiger partial charge in [-0.3, -0.25) is 0 Å². The van der Waals surface area contributed by atoms with Crippen LogP contribution >= 0.6 is 0 Å². The Balaban J connectivity index is 2.01. The second kappa shape index (κ2) is 8.48. The summed E-state index contributed by atoms with van der Waals surface area (Å²) in [4.78, 5) is 10.0. The van der Waals surface area contributed by atoms with Crippen LogP contribution in [0.3, 0.4) is 0 Å². The largest absolute Gasteiger partial charge is 0.381 e. The normalized spacial score (nSPS) is 24.0. The van der Waals surface area contributed by atoms with Gasteiger partial charge in [-0.15, -0.1) is 0 Å². The molecule has 1 heterocycles. The van der Waals surface area contributed by atoms with E-state index in [1.54, 1.807) is 0 Å². The molecule has 1 rings (SSSR count). The lowest BCUT2D eigenvalue weighted by atomic mass is 10.2. The van der Waals surface area contributed by atoms with Crippen LogP contribution in [0.4, 0.5) is 0 Å². The van der Waals surface area contributed by atoms with Crippen molar-refractivity contribution in [2.24, 2.45) is 0 Å². The van der Waals surface area contributed by atoms with Crippen LogP contribution in [0, 0.1) is 0 Å². The summed E-state index contributed by atoms with van der Waals surface area (Å²) in [5.41, 5.74) is 0. The summed E-state index contributed by atoms with van der Waals surface area (Å²) in [6, 6.07) is 0. The van der Waals surface area contributed by atoms with Crippen molar-refractivity contribution in [3.05, 3.63) is 0 Å². The molecule has 0 aromatic carbocycles. The predicted octanol–water partition coefficient (Wildman–Crippen LogP) is 2.31. The fourth-order valence-electron chi connectivity index (χ4n) is 1.30. The molecule has 1 fully saturated rings. The lowest BCUT2D eigenvalue weighted by Crippen LogP contribution is -1.98. The molecule has 1 saturated heterocycles. The molecule has 13 heavy (non-hydrogen) atoms. The van der Waals surface area contributed by atoms with Crippen molar-refractivity contribution in [2.75, 3.05) is 26.4 Å². The van der Waals surface area contributed by atoms with Crippen molar-refractivity contribution in [1.82, 2.24) is 0 Å². The molecule has 0 amide bonds. The monoisotopic (exact) mass is 188 g/mol. The Kier molecular flexibility index (Phi) is 7.15. The van der Waals surface area contributed by atoms with Gasteiger partial charge in [-0.05, 0) is 38.5 Å². The zero-order chi connectivity index (χ0) is 9.19.